The van der Waals surface area contributed by atoms with Gasteiger partial charge in [0.25, 0.3) is 5.69 Å². The average Bonchev–Trinajstić information content (AvgIpc) is 2.89. The highest BCUT2D eigenvalue weighted by atomic mass is 16.6. The van der Waals surface area contributed by atoms with E-state index in [1.54, 1.807) is 12.1 Å². The fraction of sp³-hybridized carbons (Fsp3) is 0.600. The van der Waals surface area contributed by atoms with Crippen LogP contribution in [0.2, 0.25) is 0 Å². The molecule has 0 amide bonds. The second-order valence-corrected chi connectivity index (χ2v) is 5.77. The number of nitro groups is 1. The molecule has 5 heteroatoms. The summed E-state index contributed by atoms with van der Waals surface area (Å²) in [5, 5.41) is 14.3. The SMILES string of the molecule is Cc1ccc([N+](=O)[O-])c(NCC(C)CN2CCCC2)c1. The van der Waals surface area contributed by atoms with Crippen LogP contribution in [-0.2, 0) is 0 Å². The van der Waals surface area contributed by atoms with Gasteiger partial charge in [0, 0.05) is 19.2 Å². The van der Waals surface area contributed by atoms with Crippen LogP contribution in [0.4, 0.5) is 11.4 Å². The Balaban J connectivity index is 1.92. The summed E-state index contributed by atoms with van der Waals surface area (Å²) in [6.07, 6.45) is 2.59. The molecule has 0 aliphatic carbocycles. The van der Waals surface area contributed by atoms with Crippen molar-refractivity contribution in [2.24, 2.45) is 5.92 Å². The third-order valence-electron chi connectivity index (χ3n) is 3.76. The molecule has 1 N–H and O–H groups in total. The van der Waals surface area contributed by atoms with E-state index in [9.17, 15) is 10.1 Å². The van der Waals surface area contributed by atoms with Crippen LogP contribution in [0.3, 0.4) is 0 Å². The predicted octanol–water partition coefficient (Wildman–Crippen LogP) is 3.05. The predicted molar refractivity (Wildman–Crippen MR) is 81.2 cm³/mol. The first-order valence-corrected chi connectivity index (χ1v) is 7.27. The van der Waals surface area contributed by atoms with Gasteiger partial charge >= 0.3 is 0 Å². The second kappa shape index (κ2) is 6.70. The van der Waals surface area contributed by atoms with Crippen molar-refractivity contribution in [3.05, 3.63) is 33.9 Å². The molecule has 5 nitrogen and oxygen atoms in total. The van der Waals surface area contributed by atoms with Crippen molar-refractivity contribution in [2.45, 2.75) is 26.7 Å². The zero-order valence-corrected chi connectivity index (χ0v) is 12.3. The lowest BCUT2D eigenvalue weighted by atomic mass is 10.1. The number of likely N-dealkylation sites (tertiary alicyclic amines) is 1. The van der Waals surface area contributed by atoms with Crippen molar-refractivity contribution in [1.82, 2.24) is 4.90 Å². The number of nitrogens with one attached hydrogen (secondary N) is 1. The molecule has 110 valence electrons. The minimum Gasteiger partial charge on any atom is -0.379 e. The van der Waals surface area contributed by atoms with Crippen molar-refractivity contribution in [2.75, 3.05) is 31.5 Å². The Morgan fingerprint density at radius 2 is 2.10 bits per heavy atom. The maximum Gasteiger partial charge on any atom is 0.292 e. The molecule has 1 aliphatic rings. The number of benzene rings is 1. The van der Waals surface area contributed by atoms with Gasteiger partial charge in [-0.25, -0.2) is 0 Å². The molecule has 1 unspecified atom stereocenters. The van der Waals surface area contributed by atoms with Gasteiger partial charge in [-0.1, -0.05) is 13.0 Å². The van der Waals surface area contributed by atoms with Crippen LogP contribution < -0.4 is 5.32 Å². The molecule has 1 aliphatic heterocycles. The second-order valence-electron chi connectivity index (χ2n) is 5.77. The number of anilines is 1. The van der Waals surface area contributed by atoms with E-state index in [4.69, 9.17) is 0 Å². The van der Waals surface area contributed by atoms with Crippen LogP contribution in [-0.4, -0.2) is 36.0 Å². The fourth-order valence-electron chi connectivity index (χ4n) is 2.71. The Morgan fingerprint density at radius 3 is 2.75 bits per heavy atom. The molecule has 0 bridgehead atoms. The van der Waals surface area contributed by atoms with Gasteiger partial charge in [-0.05, 0) is 50.4 Å². The van der Waals surface area contributed by atoms with Crippen LogP contribution >= 0.6 is 0 Å². The fourth-order valence-corrected chi connectivity index (χ4v) is 2.71. The molecular weight excluding hydrogens is 254 g/mol. The summed E-state index contributed by atoms with van der Waals surface area (Å²) in [6, 6.07) is 5.19. The Bertz CT molecular complexity index is 470. The Labute approximate surface area is 120 Å². The minimum absolute atomic E-state index is 0.156. The third kappa shape index (κ3) is 3.93. The van der Waals surface area contributed by atoms with Crippen LogP contribution in [0.1, 0.15) is 25.3 Å². The zero-order valence-electron chi connectivity index (χ0n) is 12.3. The zero-order chi connectivity index (χ0) is 14.5. The van der Waals surface area contributed by atoms with E-state index in [1.165, 1.54) is 25.9 Å². The van der Waals surface area contributed by atoms with Gasteiger partial charge < -0.3 is 10.2 Å². The van der Waals surface area contributed by atoms with Gasteiger partial charge in [-0.15, -0.1) is 0 Å². The maximum absolute atomic E-state index is 11.0. The van der Waals surface area contributed by atoms with E-state index in [2.05, 4.69) is 17.1 Å². The summed E-state index contributed by atoms with van der Waals surface area (Å²) >= 11 is 0. The van der Waals surface area contributed by atoms with Crippen molar-refractivity contribution in [3.8, 4) is 0 Å². The van der Waals surface area contributed by atoms with Gasteiger partial charge in [0.05, 0.1) is 4.92 Å². The minimum atomic E-state index is -0.326. The summed E-state index contributed by atoms with van der Waals surface area (Å²) in [4.78, 5) is 13.2. The highest BCUT2D eigenvalue weighted by molar-refractivity contribution is 5.62. The molecular formula is C15H23N3O2. The average molecular weight is 277 g/mol. The van der Waals surface area contributed by atoms with E-state index in [0.717, 1.165) is 18.7 Å². The summed E-state index contributed by atoms with van der Waals surface area (Å²) in [7, 11) is 0. The molecule has 1 aromatic rings. The van der Waals surface area contributed by atoms with Crippen molar-refractivity contribution in [3.63, 3.8) is 0 Å². The lowest BCUT2D eigenvalue weighted by molar-refractivity contribution is -0.384. The number of rotatable bonds is 6. The molecule has 1 atom stereocenters. The van der Waals surface area contributed by atoms with E-state index in [-0.39, 0.29) is 10.6 Å². The van der Waals surface area contributed by atoms with Gasteiger partial charge in [-0.3, -0.25) is 10.1 Å². The summed E-state index contributed by atoms with van der Waals surface area (Å²) in [6.45, 7) is 8.34. The maximum atomic E-state index is 11.0. The van der Waals surface area contributed by atoms with Crippen LogP contribution in [0.15, 0.2) is 18.2 Å². The first-order valence-electron chi connectivity index (χ1n) is 7.27. The normalized spacial score (nSPS) is 17.1. The van der Waals surface area contributed by atoms with Gasteiger partial charge in [0.2, 0.25) is 0 Å². The summed E-state index contributed by atoms with van der Waals surface area (Å²) in [5.41, 5.74) is 1.82. The van der Waals surface area contributed by atoms with Crippen molar-refractivity contribution in [1.29, 1.82) is 0 Å². The Hall–Kier alpha value is -1.62. The lowest BCUT2D eigenvalue weighted by Gasteiger charge is -2.20. The molecule has 0 saturated carbocycles. The molecule has 1 heterocycles. The standard InChI is InChI=1S/C15H23N3O2/c1-12-5-6-15(18(19)20)14(9-12)16-10-13(2)11-17-7-3-4-8-17/h5-6,9,13,16H,3-4,7-8,10-11H2,1-2H3. The largest absolute Gasteiger partial charge is 0.379 e. The lowest BCUT2D eigenvalue weighted by Crippen LogP contribution is -2.29. The molecule has 0 spiro atoms. The topological polar surface area (TPSA) is 58.4 Å². The molecule has 0 radical (unpaired) electrons. The van der Waals surface area contributed by atoms with Crippen LogP contribution in [0.25, 0.3) is 0 Å². The highest BCUT2D eigenvalue weighted by Crippen LogP contribution is 2.25. The van der Waals surface area contributed by atoms with Gasteiger partial charge in [-0.2, -0.15) is 0 Å². The molecule has 2 rings (SSSR count). The third-order valence-corrected chi connectivity index (χ3v) is 3.76. The van der Waals surface area contributed by atoms with E-state index in [1.807, 2.05) is 13.0 Å². The quantitative estimate of drug-likeness (QED) is 0.641. The molecule has 0 aromatic heterocycles. The molecule has 20 heavy (non-hydrogen) atoms. The molecule has 1 fully saturated rings. The number of nitrogens with zero attached hydrogens (tertiary/aromatic N) is 2. The van der Waals surface area contributed by atoms with E-state index < -0.39 is 0 Å². The monoisotopic (exact) mass is 277 g/mol. The van der Waals surface area contributed by atoms with Crippen molar-refractivity contribution < 1.29 is 4.92 Å². The molecule has 1 aromatic carbocycles. The van der Waals surface area contributed by atoms with E-state index in [0.29, 0.717) is 11.6 Å². The summed E-state index contributed by atoms with van der Waals surface area (Å²) < 4.78 is 0. The van der Waals surface area contributed by atoms with Crippen LogP contribution in [0.5, 0.6) is 0 Å². The highest BCUT2D eigenvalue weighted by Gasteiger charge is 2.17. The van der Waals surface area contributed by atoms with Gasteiger partial charge in [0.15, 0.2) is 0 Å². The molecule has 1 saturated heterocycles. The Kier molecular flexibility index (Phi) is 4.95. The summed E-state index contributed by atoms with van der Waals surface area (Å²) in [5.74, 6) is 0.480. The number of nitro benzene ring substituents is 1. The number of hydrogen-bond acceptors (Lipinski definition) is 4. The number of aryl methyl sites for hydroxylation is 1. The van der Waals surface area contributed by atoms with Crippen LogP contribution in [0, 0.1) is 23.0 Å². The van der Waals surface area contributed by atoms with E-state index >= 15 is 0 Å². The Morgan fingerprint density at radius 1 is 1.40 bits per heavy atom. The van der Waals surface area contributed by atoms with Crippen molar-refractivity contribution >= 4 is 11.4 Å². The van der Waals surface area contributed by atoms with Gasteiger partial charge in [0.1, 0.15) is 5.69 Å². The smallest absolute Gasteiger partial charge is 0.292 e. The first-order chi connectivity index (χ1) is 9.56. The number of hydrogen-bond donors (Lipinski definition) is 1. The first kappa shape index (κ1) is 14.8.